The number of para-hydroxylation sites is 1. The van der Waals surface area contributed by atoms with Crippen molar-refractivity contribution >= 4 is 72.6 Å². The molecule has 0 saturated carbocycles. The molecule has 0 spiro atoms. The summed E-state index contributed by atoms with van der Waals surface area (Å²) in [5.74, 6) is 1.65. The van der Waals surface area contributed by atoms with Crippen LogP contribution in [0.5, 0.6) is 0 Å². The van der Waals surface area contributed by atoms with Gasteiger partial charge in [0.25, 0.3) is 0 Å². The van der Waals surface area contributed by atoms with Crippen molar-refractivity contribution in [2.75, 3.05) is 0 Å². The summed E-state index contributed by atoms with van der Waals surface area (Å²) in [6.45, 7) is 0. The molecule has 63 heavy (non-hydrogen) atoms. The van der Waals surface area contributed by atoms with Crippen LogP contribution in [-0.4, -0.2) is 32.6 Å². The van der Waals surface area contributed by atoms with Crippen LogP contribution in [0, 0.1) is 0 Å². The Morgan fingerprint density at radius 2 is 0.984 bits per heavy atom. The van der Waals surface area contributed by atoms with Crippen LogP contribution in [0.1, 0.15) is 0 Å². The highest BCUT2D eigenvalue weighted by Crippen LogP contribution is 2.38. The Morgan fingerprint density at radius 3 is 1.68 bits per heavy atom. The first-order valence-corrected chi connectivity index (χ1v) is 23.1. The molecule has 7 heteroatoms. The van der Waals surface area contributed by atoms with Gasteiger partial charge in [-0.2, -0.15) is 9.97 Å². The number of pyridine rings is 1. The maximum Gasteiger partial charge on any atom is 0.238 e. The van der Waals surface area contributed by atoms with Gasteiger partial charge in [0, 0.05) is 45.1 Å². The van der Waals surface area contributed by atoms with Gasteiger partial charge in [0.15, 0.2) is 19.7 Å². The molecule has 0 aliphatic heterocycles. The van der Waals surface area contributed by atoms with E-state index in [2.05, 4.69) is 204 Å². The zero-order valence-electron chi connectivity index (χ0n) is 34.0. The lowest BCUT2D eigenvalue weighted by atomic mass is 10.0. The van der Waals surface area contributed by atoms with Crippen molar-refractivity contribution in [3.8, 4) is 39.9 Å². The average molecular weight is 824 g/mol. The number of rotatable bonds is 8. The topological polar surface area (TPSA) is 69.6 Å². The van der Waals surface area contributed by atoms with Gasteiger partial charge in [0.2, 0.25) is 5.95 Å². The molecule has 0 amide bonds. The second-order valence-corrected chi connectivity index (χ2v) is 19.6. The van der Waals surface area contributed by atoms with Crippen LogP contribution in [-0.2, 0) is 0 Å². The monoisotopic (exact) mass is 823 g/mol. The molecule has 0 N–H and O–H groups in total. The summed E-state index contributed by atoms with van der Waals surface area (Å²) in [4.78, 5) is 20.5. The van der Waals surface area contributed by atoms with E-state index in [1.165, 1.54) is 26.3 Å². The van der Waals surface area contributed by atoms with Crippen molar-refractivity contribution in [1.82, 2.24) is 24.5 Å². The highest BCUT2D eigenvalue weighted by Gasteiger charge is 2.41. The summed E-state index contributed by atoms with van der Waals surface area (Å²) >= 11 is 0. The van der Waals surface area contributed by atoms with E-state index < -0.39 is 8.07 Å². The lowest BCUT2D eigenvalue weighted by molar-refractivity contribution is 0.668. The number of nitrogens with zero attached hydrogens (tertiary/aromatic N) is 5. The van der Waals surface area contributed by atoms with Gasteiger partial charge in [-0.1, -0.05) is 182 Å². The molecule has 0 unspecified atom stereocenters. The molecule has 0 fully saturated rings. The molecule has 0 bridgehead atoms. The number of aromatic nitrogens is 5. The summed E-state index contributed by atoms with van der Waals surface area (Å²) < 4.78 is 8.51. The van der Waals surface area contributed by atoms with Crippen molar-refractivity contribution in [3.05, 3.63) is 225 Å². The fourth-order valence-electron chi connectivity index (χ4n) is 9.50. The number of hydrogen-bond acceptors (Lipinski definition) is 5. The quantitative estimate of drug-likeness (QED) is 0.113. The van der Waals surface area contributed by atoms with E-state index in [9.17, 15) is 0 Å². The van der Waals surface area contributed by atoms with Crippen LogP contribution >= 0.6 is 0 Å². The molecule has 4 aromatic heterocycles. The van der Waals surface area contributed by atoms with E-state index in [1.807, 2.05) is 24.4 Å². The molecule has 0 aliphatic rings. The first kappa shape index (κ1) is 36.6. The van der Waals surface area contributed by atoms with Crippen molar-refractivity contribution in [2.45, 2.75) is 0 Å². The largest absolute Gasteiger partial charge is 0.456 e. The number of fused-ring (bicyclic) bond motifs is 6. The first-order chi connectivity index (χ1) is 31.2. The van der Waals surface area contributed by atoms with E-state index >= 15 is 0 Å². The zero-order valence-corrected chi connectivity index (χ0v) is 35.0. The Kier molecular flexibility index (Phi) is 8.72. The predicted molar refractivity (Wildman–Crippen MR) is 259 cm³/mol. The van der Waals surface area contributed by atoms with Crippen molar-refractivity contribution in [2.24, 2.45) is 0 Å². The lowest BCUT2D eigenvalue weighted by Crippen LogP contribution is -2.74. The van der Waals surface area contributed by atoms with Gasteiger partial charge in [-0.3, -0.25) is 9.55 Å². The molecule has 296 valence electrons. The molecule has 0 saturated heterocycles. The van der Waals surface area contributed by atoms with Gasteiger partial charge in [-0.25, -0.2) is 4.98 Å². The predicted octanol–water partition coefficient (Wildman–Crippen LogP) is 10.6. The molecule has 0 atom stereocenters. The first-order valence-electron chi connectivity index (χ1n) is 21.1. The maximum atomic E-state index is 6.34. The second kappa shape index (κ2) is 15.0. The standard InChI is InChI=1S/C56H37N5OSi/c1-5-16-38(17-6-1)40-30-33-50-47(36-40)45-24-13-14-26-49(45)61(50)56-59-54(58-55(60-56)46-25-15-27-52-53(46)48-37-57-35-34-51(48)62-52)39-28-31-44(32-29-39)63(41-18-7-2-8-19-41,42-20-9-3-10-21-42)43-22-11-4-12-23-43/h1-37H. The van der Waals surface area contributed by atoms with Gasteiger partial charge < -0.3 is 4.42 Å². The van der Waals surface area contributed by atoms with E-state index in [4.69, 9.17) is 19.4 Å². The van der Waals surface area contributed by atoms with E-state index in [-0.39, 0.29) is 0 Å². The minimum absolute atomic E-state index is 0.530. The molecule has 4 heterocycles. The van der Waals surface area contributed by atoms with Gasteiger partial charge >= 0.3 is 0 Å². The Balaban J connectivity index is 1.10. The molecule has 0 radical (unpaired) electrons. The Morgan fingerprint density at radius 1 is 0.397 bits per heavy atom. The van der Waals surface area contributed by atoms with Crippen LogP contribution in [0.4, 0.5) is 0 Å². The number of hydrogen-bond donors (Lipinski definition) is 0. The summed E-state index contributed by atoms with van der Waals surface area (Å²) in [6, 6.07) is 75.5. The molecule has 12 rings (SSSR count). The van der Waals surface area contributed by atoms with Crippen LogP contribution in [0.25, 0.3) is 83.6 Å². The van der Waals surface area contributed by atoms with E-state index in [0.29, 0.717) is 17.6 Å². The third-order valence-electron chi connectivity index (χ3n) is 12.3. The summed E-state index contributed by atoms with van der Waals surface area (Å²) in [5.41, 5.74) is 7.58. The summed E-state index contributed by atoms with van der Waals surface area (Å²) in [6.07, 6.45) is 3.61. The Bertz CT molecular complexity index is 3510. The average Bonchev–Trinajstić information content (AvgIpc) is 3.91. The highest BCUT2D eigenvalue weighted by atomic mass is 28.3. The second-order valence-electron chi connectivity index (χ2n) is 15.8. The molecular formula is C56H37N5OSi. The van der Waals surface area contributed by atoms with Crippen LogP contribution in [0.3, 0.4) is 0 Å². The fraction of sp³-hybridized carbons (Fsp3) is 0. The van der Waals surface area contributed by atoms with Crippen LogP contribution in [0.15, 0.2) is 229 Å². The molecule has 6 nitrogen and oxygen atoms in total. The van der Waals surface area contributed by atoms with Gasteiger partial charge in [0.05, 0.1) is 11.0 Å². The SMILES string of the molecule is c1ccc(-c2ccc3c(c2)c2ccccc2n3-c2nc(-c3ccc([Si](c4ccccc4)(c4ccccc4)c4ccccc4)cc3)nc(-c3cccc4oc5ccncc5c34)n2)cc1. The van der Waals surface area contributed by atoms with Crippen LogP contribution in [0.2, 0.25) is 0 Å². The van der Waals surface area contributed by atoms with Crippen molar-refractivity contribution < 1.29 is 4.42 Å². The normalized spacial score (nSPS) is 11.8. The summed E-state index contributed by atoms with van der Waals surface area (Å²) in [5, 5.41) is 9.28. The molecule has 0 aliphatic carbocycles. The third kappa shape index (κ3) is 6.01. The number of benzene rings is 8. The Labute approximate surface area is 364 Å². The molecule has 12 aromatic rings. The van der Waals surface area contributed by atoms with Crippen LogP contribution < -0.4 is 20.7 Å². The number of furan rings is 1. The fourth-order valence-corrected chi connectivity index (χ4v) is 14.2. The molecule has 8 aromatic carbocycles. The minimum Gasteiger partial charge on any atom is -0.456 e. The van der Waals surface area contributed by atoms with Gasteiger partial charge in [-0.05, 0) is 62.2 Å². The van der Waals surface area contributed by atoms with Crippen molar-refractivity contribution in [3.63, 3.8) is 0 Å². The van der Waals surface area contributed by atoms with Gasteiger partial charge in [-0.15, -0.1) is 0 Å². The maximum absolute atomic E-state index is 6.34. The zero-order chi connectivity index (χ0) is 41.7. The summed E-state index contributed by atoms with van der Waals surface area (Å²) in [7, 11) is -2.75. The highest BCUT2D eigenvalue weighted by molar-refractivity contribution is 7.19. The Hall–Kier alpha value is -8.26. The minimum atomic E-state index is -2.75. The van der Waals surface area contributed by atoms with E-state index in [1.54, 1.807) is 6.20 Å². The molecular weight excluding hydrogens is 787 g/mol. The van der Waals surface area contributed by atoms with Crippen molar-refractivity contribution in [1.29, 1.82) is 0 Å². The third-order valence-corrected chi connectivity index (χ3v) is 17.1. The van der Waals surface area contributed by atoms with E-state index in [0.717, 1.165) is 60.4 Å². The smallest absolute Gasteiger partial charge is 0.238 e. The lowest BCUT2D eigenvalue weighted by Gasteiger charge is -2.34. The van der Waals surface area contributed by atoms with Gasteiger partial charge in [0.1, 0.15) is 11.2 Å².